The van der Waals surface area contributed by atoms with E-state index < -0.39 is 0 Å². The Labute approximate surface area is 112 Å². The van der Waals surface area contributed by atoms with Crippen molar-refractivity contribution in [1.29, 1.82) is 0 Å². The fraction of sp³-hybridized carbons (Fsp3) is 0.938. The van der Waals surface area contributed by atoms with Crippen molar-refractivity contribution in [2.24, 2.45) is 23.2 Å². The van der Waals surface area contributed by atoms with Gasteiger partial charge in [0.05, 0.1) is 0 Å². The lowest BCUT2D eigenvalue weighted by Gasteiger charge is -2.39. The average molecular weight is 251 g/mol. The first kappa shape index (κ1) is 13.9. The maximum absolute atomic E-state index is 11.6. The molecule has 1 heterocycles. The zero-order valence-electron chi connectivity index (χ0n) is 12.5. The third-order valence-corrected chi connectivity index (χ3v) is 5.33. The number of carbonyl (C=O) groups excluding carboxylic acids is 1. The van der Waals surface area contributed by atoms with E-state index in [2.05, 4.69) is 33.0 Å². The molecule has 2 nitrogen and oxygen atoms in total. The van der Waals surface area contributed by atoms with Gasteiger partial charge >= 0.3 is 0 Å². The lowest BCUT2D eigenvalue weighted by atomic mass is 9.66. The maximum atomic E-state index is 11.6. The van der Waals surface area contributed by atoms with Gasteiger partial charge in [0.2, 0.25) is 5.91 Å². The zero-order chi connectivity index (χ0) is 13.3. The van der Waals surface area contributed by atoms with E-state index in [9.17, 15) is 4.79 Å². The van der Waals surface area contributed by atoms with Gasteiger partial charge in [0.15, 0.2) is 0 Å². The van der Waals surface area contributed by atoms with Crippen molar-refractivity contribution in [1.82, 2.24) is 5.32 Å². The molecule has 104 valence electrons. The molecule has 0 spiro atoms. The van der Waals surface area contributed by atoms with Gasteiger partial charge in [-0.1, -0.05) is 27.7 Å². The molecule has 0 bridgehead atoms. The number of hydrogen-bond acceptors (Lipinski definition) is 1. The highest BCUT2D eigenvalue weighted by atomic mass is 16.2. The molecule has 0 radical (unpaired) electrons. The third-order valence-electron chi connectivity index (χ3n) is 5.33. The zero-order valence-corrected chi connectivity index (χ0v) is 12.5. The largest absolute Gasteiger partial charge is 0.353 e. The van der Waals surface area contributed by atoms with Crippen LogP contribution in [0.5, 0.6) is 0 Å². The van der Waals surface area contributed by atoms with E-state index >= 15 is 0 Å². The summed E-state index contributed by atoms with van der Waals surface area (Å²) in [6.07, 6.45) is 7.25. The summed E-state index contributed by atoms with van der Waals surface area (Å²) in [4.78, 5) is 11.6. The summed E-state index contributed by atoms with van der Waals surface area (Å²) in [5.74, 6) is 2.56. The molecule has 1 N–H and O–H groups in total. The molecule has 2 unspecified atom stereocenters. The molecule has 2 fully saturated rings. The standard InChI is InChI=1S/C16H29NO/c1-5-14-13(10-15(18)17-14)11-6-8-12(9-7-11)16(2,3)4/h11-14H,5-10H2,1-4H3,(H,17,18). The summed E-state index contributed by atoms with van der Waals surface area (Å²) in [6.45, 7) is 9.30. The van der Waals surface area contributed by atoms with Crippen LogP contribution >= 0.6 is 0 Å². The van der Waals surface area contributed by atoms with Crippen LogP contribution in [0.2, 0.25) is 0 Å². The minimum Gasteiger partial charge on any atom is -0.353 e. The van der Waals surface area contributed by atoms with Crippen molar-refractivity contribution in [3.05, 3.63) is 0 Å². The second-order valence-electron chi connectivity index (χ2n) is 7.43. The molecule has 1 aliphatic carbocycles. The van der Waals surface area contributed by atoms with E-state index in [1.54, 1.807) is 0 Å². The second-order valence-corrected chi connectivity index (χ2v) is 7.43. The lowest BCUT2D eigenvalue weighted by Crippen LogP contribution is -2.34. The van der Waals surface area contributed by atoms with Gasteiger partial charge in [-0.25, -0.2) is 0 Å². The highest BCUT2D eigenvalue weighted by molar-refractivity contribution is 5.79. The van der Waals surface area contributed by atoms with Gasteiger partial charge in [-0.2, -0.15) is 0 Å². The minimum absolute atomic E-state index is 0.282. The fourth-order valence-corrected chi connectivity index (χ4v) is 4.04. The number of carbonyl (C=O) groups is 1. The topological polar surface area (TPSA) is 29.1 Å². The number of hydrogen-bond donors (Lipinski definition) is 1. The molecule has 0 aromatic carbocycles. The highest BCUT2D eigenvalue weighted by Gasteiger charge is 2.39. The van der Waals surface area contributed by atoms with E-state index in [1.807, 2.05) is 0 Å². The van der Waals surface area contributed by atoms with Gasteiger partial charge in [0, 0.05) is 12.5 Å². The molecule has 1 amide bonds. The first-order valence-corrected chi connectivity index (χ1v) is 7.71. The summed E-state index contributed by atoms with van der Waals surface area (Å²) in [5.41, 5.74) is 0.457. The molecule has 2 heteroatoms. The van der Waals surface area contributed by atoms with Crippen LogP contribution in [-0.4, -0.2) is 11.9 Å². The summed E-state index contributed by atoms with van der Waals surface area (Å²) >= 11 is 0. The highest BCUT2D eigenvalue weighted by Crippen LogP contribution is 2.44. The Morgan fingerprint density at radius 2 is 1.78 bits per heavy atom. The van der Waals surface area contributed by atoms with Crippen molar-refractivity contribution >= 4 is 5.91 Å². The Morgan fingerprint density at radius 1 is 1.17 bits per heavy atom. The number of rotatable bonds is 2. The second kappa shape index (κ2) is 5.22. The van der Waals surface area contributed by atoms with Gasteiger partial charge in [0.25, 0.3) is 0 Å². The summed E-state index contributed by atoms with van der Waals surface area (Å²) in [7, 11) is 0. The molecule has 0 aromatic heterocycles. The molecule has 1 saturated carbocycles. The summed E-state index contributed by atoms with van der Waals surface area (Å²) in [6, 6.07) is 0.452. The van der Waals surface area contributed by atoms with Crippen LogP contribution < -0.4 is 5.32 Å². The number of amides is 1. The van der Waals surface area contributed by atoms with E-state index in [0.29, 0.717) is 17.4 Å². The van der Waals surface area contributed by atoms with Crippen LogP contribution in [0, 0.1) is 23.2 Å². The first-order chi connectivity index (χ1) is 8.41. The molecular formula is C16H29NO. The van der Waals surface area contributed by atoms with Crippen molar-refractivity contribution in [2.75, 3.05) is 0 Å². The van der Waals surface area contributed by atoms with Crippen LogP contribution in [0.15, 0.2) is 0 Å². The quantitative estimate of drug-likeness (QED) is 0.795. The monoisotopic (exact) mass is 251 g/mol. The van der Waals surface area contributed by atoms with E-state index in [1.165, 1.54) is 25.7 Å². The maximum Gasteiger partial charge on any atom is 0.220 e. The fourth-order valence-electron chi connectivity index (χ4n) is 4.04. The van der Waals surface area contributed by atoms with Gasteiger partial charge in [-0.3, -0.25) is 4.79 Å². The Bertz CT molecular complexity index is 297. The van der Waals surface area contributed by atoms with Crippen LogP contribution in [0.3, 0.4) is 0 Å². The van der Waals surface area contributed by atoms with E-state index in [0.717, 1.165) is 24.7 Å². The Balaban J connectivity index is 1.91. The van der Waals surface area contributed by atoms with Gasteiger partial charge < -0.3 is 5.32 Å². The van der Waals surface area contributed by atoms with Gasteiger partial charge in [0.1, 0.15) is 0 Å². The summed E-state index contributed by atoms with van der Waals surface area (Å²) < 4.78 is 0. The van der Waals surface area contributed by atoms with Crippen molar-refractivity contribution < 1.29 is 4.79 Å². The van der Waals surface area contributed by atoms with Crippen LogP contribution in [0.25, 0.3) is 0 Å². The van der Waals surface area contributed by atoms with Gasteiger partial charge in [-0.15, -0.1) is 0 Å². The lowest BCUT2D eigenvalue weighted by molar-refractivity contribution is -0.119. The van der Waals surface area contributed by atoms with Crippen LogP contribution in [-0.2, 0) is 4.79 Å². The normalized spacial score (nSPS) is 37.7. The minimum atomic E-state index is 0.282. The van der Waals surface area contributed by atoms with Crippen molar-refractivity contribution in [3.8, 4) is 0 Å². The Kier molecular flexibility index (Phi) is 4.03. The van der Waals surface area contributed by atoms with E-state index in [-0.39, 0.29) is 5.91 Å². The summed E-state index contributed by atoms with van der Waals surface area (Å²) in [5, 5.41) is 3.15. The smallest absolute Gasteiger partial charge is 0.220 e. The van der Waals surface area contributed by atoms with Gasteiger partial charge in [-0.05, 0) is 55.3 Å². The van der Waals surface area contributed by atoms with Crippen molar-refractivity contribution in [2.45, 2.75) is 72.3 Å². The molecule has 18 heavy (non-hydrogen) atoms. The molecule has 1 saturated heterocycles. The first-order valence-electron chi connectivity index (χ1n) is 7.71. The Hall–Kier alpha value is -0.530. The average Bonchev–Trinajstić information content (AvgIpc) is 2.69. The molecule has 2 atom stereocenters. The molecule has 1 aliphatic heterocycles. The molecule has 0 aromatic rings. The predicted molar refractivity (Wildman–Crippen MR) is 75.2 cm³/mol. The molecular weight excluding hydrogens is 222 g/mol. The predicted octanol–water partition coefficient (Wildman–Crippen LogP) is 3.75. The third kappa shape index (κ3) is 2.89. The molecule has 2 aliphatic rings. The van der Waals surface area contributed by atoms with Crippen molar-refractivity contribution in [3.63, 3.8) is 0 Å². The SMILES string of the molecule is CCC1NC(=O)CC1C1CCC(C(C)(C)C)CC1. The van der Waals surface area contributed by atoms with E-state index in [4.69, 9.17) is 0 Å². The van der Waals surface area contributed by atoms with Crippen LogP contribution in [0.1, 0.15) is 66.2 Å². The van der Waals surface area contributed by atoms with Crippen LogP contribution in [0.4, 0.5) is 0 Å². The number of nitrogens with one attached hydrogen (secondary N) is 1. The molecule has 2 rings (SSSR count). The Morgan fingerprint density at radius 3 is 2.28 bits per heavy atom.